The second kappa shape index (κ2) is 6.84. The van der Waals surface area contributed by atoms with Gasteiger partial charge in [0.2, 0.25) is 0 Å². The molecule has 0 heterocycles. The summed E-state index contributed by atoms with van der Waals surface area (Å²) in [6.45, 7) is 2.38. The van der Waals surface area contributed by atoms with Crippen molar-refractivity contribution >= 4 is 40.9 Å². The number of likely N-dealkylation sites (N-methyl/N-ethyl adjacent to an activating group) is 1. The van der Waals surface area contributed by atoms with Gasteiger partial charge in [-0.1, -0.05) is 53.2 Å². The van der Waals surface area contributed by atoms with E-state index in [1.807, 2.05) is 37.3 Å². The predicted octanol–water partition coefficient (Wildman–Crippen LogP) is 3.56. The highest BCUT2D eigenvalue weighted by Crippen LogP contribution is 2.31. The van der Waals surface area contributed by atoms with E-state index in [0.717, 1.165) is 4.90 Å². The molecule has 1 N–H and O–H groups in total. The number of hydrogen-bond acceptors (Lipinski definition) is 2. The average molecular weight is 276 g/mol. The molecule has 0 saturated carbocycles. The fourth-order valence-electron chi connectivity index (χ4n) is 1.02. The van der Waals surface area contributed by atoms with Crippen LogP contribution in [-0.4, -0.2) is 12.5 Å². The number of carbonyl (C=O) groups is 1. The number of nitrogens with one attached hydrogen (secondary N) is 1. The Morgan fingerprint density at radius 1 is 1.31 bits per heavy atom. The molecular weight excluding hydrogens is 265 g/mol. The summed E-state index contributed by atoms with van der Waals surface area (Å²) < 4.78 is -0.0141. The molecule has 0 aliphatic rings. The smallest absolute Gasteiger partial charge is 0.260 e. The molecule has 1 amide bonds. The van der Waals surface area contributed by atoms with Crippen molar-refractivity contribution in [2.45, 2.75) is 11.8 Å². The SMILES string of the molecule is CCNC(=O)C(Sc1ccccc1)=C(Cl)Cl. The summed E-state index contributed by atoms with van der Waals surface area (Å²) in [6.07, 6.45) is 0. The summed E-state index contributed by atoms with van der Waals surface area (Å²) in [5.41, 5.74) is 0. The molecule has 1 rings (SSSR count). The van der Waals surface area contributed by atoms with Crippen molar-refractivity contribution in [1.82, 2.24) is 5.32 Å². The summed E-state index contributed by atoms with van der Waals surface area (Å²) in [6, 6.07) is 9.46. The van der Waals surface area contributed by atoms with Crippen molar-refractivity contribution in [3.05, 3.63) is 39.7 Å². The molecule has 1 aromatic carbocycles. The van der Waals surface area contributed by atoms with Gasteiger partial charge in [0.1, 0.15) is 9.40 Å². The van der Waals surface area contributed by atoms with Crippen molar-refractivity contribution in [3.8, 4) is 0 Å². The Morgan fingerprint density at radius 3 is 2.44 bits per heavy atom. The molecule has 0 saturated heterocycles. The Labute approximate surface area is 109 Å². The summed E-state index contributed by atoms with van der Waals surface area (Å²) in [5.74, 6) is -0.253. The van der Waals surface area contributed by atoms with E-state index in [1.165, 1.54) is 11.8 Å². The third kappa shape index (κ3) is 4.08. The van der Waals surface area contributed by atoms with Crippen LogP contribution in [-0.2, 0) is 4.79 Å². The monoisotopic (exact) mass is 275 g/mol. The Bertz CT molecular complexity index is 388. The van der Waals surface area contributed by atoms with Crippen LogP contribution in [0.5, 0.6) is 0 Å². The zero-order valence-electron chi connectivity index (χ0n) is 8.67. The van der Waals surface area contributed by atoms with Gasteiger partial charge in [-0.2, -0.15) is 0 Å². The first-order valence-electron chi connectivity index (χ1n) is 4.71. The third-order valence-electron chi connectivity index (χ3n) is 1.68. The van der Waals surface area contributed by atoms with E-state index in [4.69, 9.17) is 23.2 Å². The number of hydrogen-bond donors (Lipinski definition) is 1. The van der Waals surface area contributed by atoms with Gasteiger partial charge in [-0.05, 0) is 19.1 Å². The van der Waals surface area contributed by atoms with E-state index in [0.29, 0.717) is 11.4 Å². The van der Waals surface area contributed by atoms with Crippen LogP contribution in [0.3, 0.4) is 0 Å². The summed E-state index contributed by atoms with van der Waals surface area (Å²) in [7, 11) is 0. The van der Waals surface area contributed by atoms with Gasteiger partial charge in [0.25, 0.3) is 5.91 Å². The molecule has 0 aliphatic carbocycles. The minimum Gasteiger partial charge on any atom is -0.352 e. The van der Waals surface area contributed by atoms with Gasteiger partial charge >= 0.3 is 0 Å². The quantitative estimate of drug-likeness (QED) is 0.673. The molecule has 2 nitrogen and oxygen atoms in total. The molecule has 0 fully saturated rings. The van der Waals surface area contributed by atoms with Gasteiger partial charge < -0.3 is 5.32 Å². The van der Waals surface area contributed by atoms with Gasteiger partial charge in [-0.25, -0.2) is 0 Å². The molecular formula is C11H11Cl2NOS. The molecule has 16 heavy (non-hydrogen) atoms. The maximum absolute atomic E-state index is 11.6. The van der Waals surface area contributed by atoms with E-state index in [1.54, 1.807) is 0 Å². The second-order valence-corrected chi connectivity index (χ2v) is 4.90. The maximum atomic E-state index is 11.6. The van der Waals surface area contributed by atoms with Crippen molar-refractivity contribution in [2.24, 2.45) is 0 Å². The topological polar surface area (TPSA) is 29.1 Å². The standard InChI is InChI=1S/C11H11Cl2NOS/c1-2-14-11(15)9(10(12)13)16-8-6-4-3-5-7-8/h3-7H,2H2,1H3,(H,14,15). The van der Waals surface area contributed by atoms with Crippen LogP contribution in [0.2, 0.25) is 0 Å². The second-order valence-electron chi connectivity index (χ2n) is 2.86. The number of thioether (sulfide) groups is 1. The van der Waals surface area contributed by atoms with Gasteiger partial charge in [-0.3, -0.25) is 4.79 Å². The van der Waals surface area contributed by atoms with Gasteiger partial charge in [-0.15, -0.1) is 0 Å². The number of amides is 1. The van der Waals surface area contributed by atoms with E-state index >= 15 is 0 Å². The van der Waals surface area contributed by atoms with Crippen molar-refractivity contribution < 1.29 is 4.79 Å². The highest BCUT2D eigenvalue weighted by Gasteiger charge is 2.14. The number of carbonyl (C=O) groups excluding carboxylic acids is 1. The van der Waals surface area contributed by atoms with Crippen LogP contribution in [0, 0.1) is 0 Å². The predicted molar refractivity (Wildman–Crippen MR) is 69.7 cm³/mol. The first-order valence-corrected chi connectivity index (χ1v) is 6.28. The number of rotatable bonds is 4. The van der Waals surface area contributed by atoms with Crippen molar-refractivity contribution in [3.63, 3.8) is 0 Å². The highest BCUT2D eigenvalue weighted by atomic mass is 35.5. The van der Waals surface area contributed by atoms with E-state index in [9.17, 15) is 4.79 Å². The molecule has 5 heteroatoms. The van der Waals surface area contributed by atoms with Gasteiger partial charge in [0.15, 0.2) is 0 Å². The lowest BCUT2D eigenvalue weighted by Crippen LogP contribution is -2.23. The largest absolute Gasteiger partial charge is 0.352 e. The normalized spacial score (nSPS) is 9.69. The number of halogens is 2. The minimum atomic E-state index is -0.253. The lowest BCUT2D eigenvalue weighted by atomic mass is 10.4. The Balaban J connectivity index is 2.83. The highest BCUT2D eigenvalue weighted by molar-refractivity contribution is 8.04. The Morgan fingerprint density at radius 2 is 1.94 bits per heavy atom. The Kier molecular flexibility index (Phi) is 5.74. The van der Waals surface area contributed by atoms with Crippen molar-refractivity contribution in [2.75, 3.05) is 6.54 Å². The summed E-state index contributed by atoms with van der Waals surface area (Å²) >= 11 is 12.6. The molecule has 0 aromatic heterocycles. The van der Waals surface area contributed by atoms with E-state index in [2.05, 4.69) is 5.32 Å². The molecule has 0 radical (unpaired) electrons. The maximum Gasteiger partial charge on any atom is 0.260 e. The average Bonchev–Trinajstić information content (AvgIpc) is 2.27. The number of benzene rings is 1. The molecule has 0 aliphatic heterocycles. The van der Waals surface area contributed by atoms with Crippen LogP contribution in [0.1, 0.15) is 6.92 Å². The molecule has 1 aromatic rings. The molecule has 86 valence electrons. The molecule has 0 bridgehead atoms. The Hall–Kier alpha value is -0.640. The van der Waals surface area contributed by atoms with Crippen LogP contribution < -0.4 is 5.32 Å². The summed E-state index contributed by atoms with van der Waals surface area (Å²) in [5, 5.41) is 2.66. The van der Waals surface area contributed by atoms with Crippen LogP contribution in [0.4, 0.5) is 0 Å². The lowest BCUT2D eigenvalue weighted by molar-refractivity contribution is -0.116. The first-order chi connectivity index (χ1) is 7.65. The summed E-state index contributed by atoms with van der Waals surface area (Å²) in [4.78, 5) is 12.9. The fraction of sp³-hybridized carbons (Fsp3) is 0.182. The van der Waals surface area contributed by atoms with E-state index < -0.39 is 0 Å². The van der Waals surface area contributed by atoms with Gasteiger partial charge in [0.05, 0.1) is 0 Å². The molecule has 0 spiro atoms. The lowest BCUT2D eigenvalue weighted by Gasteiger charge is -2.07. The first kappa shape index (κ1) is 13.4. The minimum absolute atomic E-state index is 0.0141. The fourth-order valence-corrected chi connectivity index (χ4v) is 2.19. The van der Waals surface area contributed by atoms with Gasteiger partial charge in [0, 0.05) is 11.4 Å². The van der Waals surface area contributed by atoms with E-state index in [-0.39, 0.29) is 10.4 Å². The van der Waals surface area contributed by atoms with Crippen LogP contribution in [0.25, 0.3) is 0 Å². The zero-order valence-corrected chi connectivity index (χ0v) is 11.0. The van der Waals surface area contributed by atoms with Crippen LogP contribution >= 0.6 is 35.0 Å². The zero-order chi connectivity index (χ0) is 12.0. The molecule has 0 unspecified atom stereocenters. The van der Waals surface area contributed by atoms with Crippen molar-refractivity contribution in [1.29, 1.82) is 0 Å². The third-order valence-corrected chi connectivity index (χ3v) is 3.38. The van der Waals surface area contributed by atoms with Crippen LogP contribution in [0.15, 0.2) is 44.6 Å². The molecule has 0 atom stereocenters.